The molecular formula is C13H25N3OS. The van der Waals surface area contributed by atoms with Crippen LogP contribution in [0.5, 0.6) is 0 Å². The molecule has 1 aliphatic heterocycles. The minimum Gasteiger partial charge on any atom is -0.368 e. The van der Waals surface area contributed by atoms with Crippen LogP contribution in [0.15, 0.2) is 4.99 Å². The van der Waals surface area contributed by atoms with Crippen LogP contribution in [-0.2, 0) is 4.79 Å². The Morgan fingerprint density at radius 3 is 2.56 bits per heavy atom. The molecule has 2 atom stereocenters. The van der Waals surface area contributed by atoms with Crippen molar-refractivity contribution in [2.24, 2.45) is 22.6 Å². The predicted octanol–water partition coefficient (Wildman–Crippen LogP) is 1.99. The quantitative estimate of drug-likeness (QED) is 0.776. The molecule has 0 fully saturated rings. The second kappa shape index (κ2) is 7.02. The van der Waals surface area contributed by atoms with Crippen LogP contribution in [0.25, 0.3) is 0 Å². The van der Waals surface area contributed by atoms with Crippen LogP contribution in [0.2, 0.25) is 0 Å². The Morgan fingerprint density at radius 1 is 1.50 bits per heavy atom. The third-order valence-electron chi connectivity index (χ3n) is 3.50. The van der Waals surface area contributed by atoms with E-state index in [4.69, 9.17) is 5.73 Å². The SMILES string of the molecule is CCC(CC)C1CN=C(NC(C(N)=O)C(C)C)S1. The monoisotopic (exact) mass is 271 g/mol. The average molecular weight is 271 g/mol. The first-order valence-electron chi connectivity index (χ1n) is 6.76. The van der Waals surface area contributed by atoms with Crippen molar-refractivity contribution in [3.63, 3.8) is 0 Å². The van der Waals surface area contributed by atoms with Gasteiger partial charge in [-0.3, -0.25) is 9.79 Å². The molecule has 18 heavy (non-hydrogen) atoms. The lowest BCUT2D eigenvalue weighted by atomic mass is 9.99. The summed E-state index contributed by atoms with van der Waals surface area (Å²) in [5.74, 6) is 0.571. The summed E-state index contributed by atoms with van der Waals surface area (Å²) in [6.07, 6.45) is 2.36. The predicted molar refractivity (Wildman–Crippen MR) is 78.7 cm³/mol. The van der Waals surface area contributed by atoms with Crippen LogP contribution in [0.4, 0.5) is 0 Å². The summed E-state index contributed by atoms with van der Waals surface area (Å²) >= 11 is 1.76. The van der Waals surface area contributed by atoms with Crippen molar-refractivity contribution in [2.45, 2.75) is 51.8 Å². The summed E-state index contributed by atoms with van der Waals surface area (Å²) in [5, 5.41) is 4.61. The van der Waals surface area contributed by atoms with Crippen molar-refractivity contribution < 1.29 is 4.79 Å². The van der Waals surface area contributed by atoms with E-state index in [0.717, 1.165) is 11.7 Å². The van der Waals surface area contributed by atoms with Crippen LogP contribution in [0.3, 0.4) is 0 Å². The van der Waals surface area contributed by atoms with Gasteiger partial charge in [0.2, 0.25) is 5.91 Å². The fourth-order valence-corrected chi connectivity index (χ4v) is 3.59. The number of carbonyl (C=O) groups excluding carboxylic acids is 1. The minimum atomic E-state index is -0.322. The highest BCUT2D eigenvalue weighted by molar-refractivity contribution is 8.14. The number of aliphatic imine (C=N–C) groups is 1. The molecule has 0 saturated carbocycles. The van der Waals surface area contributed by atoms with E-state index < -0.39 is 0 Å². The van der Waals surface area contributed by atoms with E-state index in [9.17, 15) is 4.79 Å². The maximum Gasteiger partial charge on any atom is 0.240 e. The number of primary amides is 1. The molecule has 0 saturated heterocycles. The minimum absolute atomic E-state index is 0.179. The van der Waals surface area contributed by atoms with Gasteiger partial charge >= 0.3 is 0 Å². The standard InChI is InChI=1S/C13H25N3OS/c1-5-9(6-2)10-7-15-13(18-10)16-11(8(3)4)12(14)17/h8-11H,5-7H2,1-4H3,(H2,14,17)(H,15,16). The van der Waals surface area contributed by atoms with Crippen LogP contribution >= 0.6 is 11.8 Å². The Kier molecular flexibility index (Phi) is 5.99. The van der Waals surface area contributed by atoms with E-state index in [-0.39, 0.29) is 17.9 Å². The van der Waals surface area contributed by atoms with Gasteiger partial charge in [0.1, 0.15) is 6.04 Å². The number of nitrogens with two attached hydrogens (primary N) is 1. The van der Waals surface area contributed by atoms with Crippen LogP contribution in [0, 0.1) is 11.8 Å². The molecular weight excluding hydrogens is 246 g/mol. The molecule has 1 rings (SSSR count). The third-order valence-corrected chi connectivity index (χ3v) is 4.81. The van der Waals surface area contributed by atoms with Gasteiger partial charge in [0, 0.05) is 5.25 Å². The van der Waals surface area contributed by atoms with E-state index in [1.807, 2.05) is 13.8 Å². The van der Waals surface area contributed by atoms with Crippen molar-refractivity contribution in [2.75, 3.05) is 6.54 Å². The molecule has 4 nitrogen and oxygen atoms in total. The second-order valence-corrected chi connectivity index (χ2v) is 6.38. The number of amidine groups is 1. The van der Waals surface area contributed by atoms with Gasteiger partial charge in [-0.25, -0.2) is 0 Å². The van der Waals surface area contributed by atoms with E-state index in [1.165, 1.54) is 12.8 Å². The number of hydrogen-bond donors (Lipinski definition) is 2. The molecule has 3 N–H and O–H groups in total. The van der Waals surface area contributed by atoms with Gasteiger partial charge in [-0.2, -0.15) is 0 Å². The van der Waals surface area contributed by atoms with Crippen molar-refractivity contribution >= 4 is 22.8 Å². The molecule has 0 aromatic carbocycles. The maximum atomic E-state index is 11.4. The van der Waals surface area contributed by atoms with Gasteiger partial charge in [-0.1, -0.05) is 52.3 Å². The number of nitrogens with zero attached hydrogens (tertiary/aromatic N) is 1. The lowest BCUT2D eigenvalue weighted by Gasteiger charge is -2.21. The van der Waals surface area contributed by atoms with Gasteiger partial charge < -0.3 is 11.1 Å². The molecule has 0 radical (unpaired) electrons. The normalized spacial score (nSPS) is 21.2. The molecule has 0 aromatic heterocycles. The fourth-order valence-electron chi connectivity index (χ4n) is 2.23. The smallest absolute Gasteiger partial charge is 0.240 e. The van der Waals surface area contributed by atoms with Crippen molar-refractivity contribution in [3.05, 3.63) is 0 Å². The lowest BCUT2D eigenvalue weighted by molar-refractivity contribution is -0.120. The Labute approximate surface area is 114 Å². The largest absolute Gasteiger partial charge is 0.368 e. The van der Waals surface area contributed by atoms with E-state index >= 15 is 0 Å². The summed E-state index contributed by atoms with van der Waals surface area (Å²) < 4.78 is 0. The van der Waals surface area contributed by atoms with E-state index in [2.05, 4.69) is 24.2 Å². The summed E-state index contributed by atoms with van der Waals surface area (Å²) in [4.78, 5) is 15.9. The molecule has 1 heterocycles. The molecule has 5 heteroatoms. The summed E-state index contributed by atoms with van der Waals surface area (Å²) in [5.41, 5.74) is 5.40. The first-order valence-corrected chi connectivity index (χ1v) is 7.64. The molecule has 2 unspecified atom stereocenters. The molecule has 1 aliphatic rings. The number of hydrogen-bond acceptors (Lipinski definition) is 4. The molecule has 1 amide bonds. The summed E-state index contributed by atoms with van der Waals surface area (Å²) in [7, 11) is 0. The Hall–Kier alpha value is -0.710. The highest BCUT2D eigenvalue weighted by Gasteiger charge is 2.29. The second-order valence-electron chi connectivity index (χ2n) is 5.15. The molecule has 0 aliphatic carbocycles. The molecule has 0 bridgehead atoms. The van der Waals surface area contributed by atoms with Gasteiger partial charge in [0.15, 0.2) is 5.17 Å². The average Bonchev–Trinajstić information content (AvgIpc) is 2.75. The number of carbonyl (C=O) groups is 1. The first-order chi connectivity index (χ1) is 8.49. The maximum absolute atomic E-state index is 11.4. The Balaban J connectivity index is 2.53. The molecule has 0 aromatic rings. The van der Waals surface area contributed by atoms with Crippen LogP contribution < -0.4 is 11.1 Å². The molecule has 104 valence electrons. The van der Waals surface area contributed by atoms with Gasteiger partial charge in [0.05, 0.1) is 6.54 Å². The Morgan fingerprint density at radius 2 is 2.11 bits per heavy atom. The topological polar surface area (TPSA) is 67.5 Å². The highest BCUT2D eigenvalue weighted by atomic mass is 32.2. The number of rotatable bonds is 6. The van der Waals surface area contributed by atoms with Gasteiger partial charge in [-0.15, -0.1) is 0 Å². The number of amides is 1. The third kappa shape index (κ3) is 3.90. The van der Waals surface area contributed by atoms with Gasteiger partial charge in [0.25, 0.3) is 0 Å². The first kappa shape index (κ1) is 15.3. The zero-order valence-corrected chi connectivity index (χ0v) is 12.6. The Bertz CT molecular complexity index is 313. The van der Waals surface area contributed by atoms with Crippen molar-refractivity contribution in [1.29, 1.82) is 0 Å². The van der Waals surface area contributed by atoms with E-state index in [0.29, 0.717) is 11.2 Å². The van der Waals surface area contributed by atoms with E-state index in [1.54, 1.807) is 11.8 Å². The highest BCUT2D eigenvalue weighted by Crippen LogP contribution is 2.30. The lowest BCUT2D eigenvalue weighted by Crippen LogP contribution is -2.46. The van der Waals surface area contributed by atoms with Crippen LogP contribution in [0.1, 0.15) is 40.5 Å². The van der Waals surface area contributed by atoms with Gasteiger partial charge in [-0.05, 0) is 11.8 Å². The number of nitrogens with one attached hydrogen (secondary N) is 1. The zero-order valence-electron chi connectivity index (χ0n) is 11.8. The summed E-state index contributed by atoms with van der Waals surface area (Å²) in [6.45, 7) is 9.27. The van der Waals surface area contributed by atoms with Crippen LogP contribution in [-0.4, -0.2) is 28.9 Å². The van der Waals surface area contributed by atoms with Crippen molar-refractivity contribution in [3.8, 4) is 0 Å². The fraction of sp³-hybridized carbons (Fsp3) is 0.846. The van der Waals surface area contributed by atoms with Crippen molar-refractivity contribution in [1.82, 2.24) is 5.32 Å². The number of thioether (sulfide) groups is 1. The zero-order chi connectivity index (χ0) is 13.7. The summed E-state index contributed by atoms with van der Waals surface area (Å²) in [6, 6.07) is -0.322. The molecule has 0 spiro atoms.